The highest BCUT2D eigenvalue weighted by Gasteiger charge is 2.32. The van der Waals surface area contributed by atoms with Crippen LogP contribution in [0.2, 0.25) is 0 Å². The lowest BCUT2D eigenvalue weighted by molar-refractivity contribution is -0.155. The van der Waals surface area contributed by atoms with Crippen LogP contribution in [0.4, 0.5) is 0 Å². The molecule has 3 atom stereocenters. The number of carbonyl (C=O) groups is 2. The Hall–Kier alpha value is -1.06. The molecule has 0 saturated heterocycles. The van der Waals surface area contributed by atoms with Gasteiger partial charge in [-0.2, -0.15) is 0 Å². The number of esters is 1. The predicted molar refractivity (Wildman–Crippen MR) is 56.1 cm³/mol. The third-order valence-corrected chi connectivity index (χ3v) is 3.24. The van der Waals surface area contributed by atoms with Crippen molar-refractivity contribution in [2.24, 2.45) is 11.8 Å². The van der Waals surface area contributed by atoms with E-state index in [1.165, 1.54) is 0 Å². The molecule has 0 spiro atoms. The van der Waals surface area contributed by atoms with Gasteiger partial charge in [-0.25, -0.2) is 4.79 Å². The third kappa shape index (κ3) is 2.94. The van der Waals surface area contributed by atoms with Crippen LogP contribution >= 0.6 is 0 Å². The molecule has 0 aromatic carbocycles. The molecule has 1 fully saturated rings. The summed E-state index contributed by atoms with van der Waals surface area (Å²) in [5.41, 5.74) is 0. The van der Waals surface area contributed by atoms with Crippen molar-refractivity contribution >= 4 is 11.9 Å². The summed E-state index contributed by atoms with van der Waals surface area (Å²) < 4.78 is 4.63. The van der Waals surface area contributed by atoms with Crippen LogP contribution in [0.15, 0.2) is 0 Å². The molecule has 0 radical (unpaired) electrons. The maximum atomic E-state index is 11.4. The van der Waals surface area contributed by atoms with Crippen molar-refractivity contribution in [2.45, 2.75) is 39.7 Å². The number of hydrogen-bond donors (Lipinski definition) is 1. The number of hydrogen-bond acceptors (Lipinski definition) is 3. The maximum absolute atomic E-state index is 11.4. The second-order valence-electron chi connectivity index (χ2n) is 4.21. The van der Waals surface area contributed by atoms with Gasteiger partial charge in [0, 0.05) is 6.04 Å². The Balaban J connectivity index is 2.42. The van der Waals surface area contributed by atoms with E-state index in [1.54, 1.807) is 6.92 Å². The van der Waals surface area contributed by atoms with Gasteiger partial charge in [-0.3, -0.25) is 4.79 Å². The molecule has 15 heavy (non-hydrogen) atoms. The summed E-state index contributed by atoms with van der Waals surface area (Å²) in [4.78, 5) is 22.4. The Morgan fingerprint density at radius 2 is 2.00 bits per heavy atom. The molecule has 1 aliphatic rings. The topological polar surface area (TPSA) is 55.4 Å². The Morgan fingerprint density at radius 3 is 2.47 bits per heavy atom. The van der Waals surface area contributed by atoms with Crippen molar-refractivity contribution in [1.82, 2.24) is 5.32 Å². The van der Waals surface area contributed by atoms with Gasteiger partial charge >= 0.3 is 11.9 Å². The minimum atomic E-state index is -0.774. The zero-order valence-electron chi connectivity index (χ0n) is 9.58. The molecule has 0 aromatic rings. The Bertz CT molecular complexity index is 252. The number of carbonyl (C=O) groups excluding carboxylic acids is 2. The summed E-state index contributed by atoms with van der Waals surface area (Å²) in [5, 5.41) is 2.73. The van der Waals surface area contributed by atoms with E-state index < -0.39 is 11.9 Å². The van der Waals surface area contributed by atoms with Crippen molar-refractivity contribution < 1.29 is 14.3 Å². The lowest BCUT2D eigenvalue weighted by atomic mass is 9.98. The Labute approximate surface area is 90.4 Å². The number of nitrogens with one attached hydrogen (secondary N) is 1. The lowest BCUT2D eigenvalue weighted by Gasteiger charge is -2.18. The van der Waals surface area contributed by atoms with E-state index in [0.717, 1.165) is 12.8 Å². The van der Waals surface area contributed by atoms with Crippen LogP contribution in [0.3, 0.4) is 0 Å². The fourth-order valence-electron chi connectivity index (χ4n) is 1.99. The second kappa shape index (κ2) is 5.14. The van der Waals surface area contributed by atoms with Gasteiger partial charge in [0.2, 0.25) is 0 Å². The lowest BCUT2D eigenvalue weighted by Crippen LogP contribution is -2.41. The molecular weight excluding hydrogens is 194 g/mol. The van der Waals surface area contributed by atoms with E-state index in [0.29, 0.717) is 11.8 Å². The van der Waals surface area contributed by atoms with Crippen molar-refractivity contribution in [1.29, 1.82) is 0 Å². The van der Waals surface area contributed by atoms with Gasteiger partial charge < -0.3 is 10.1 Å². The van der Waals surface area contributed by atoms with Crippen LogP contribution in [0, 0.1) is 11.8 Å². The minimum absolute atomic E-state index is 0.122. The number of rotatable bonds is 2. The standard InChI is InChI=1S/C11H19NO3/c1-4-15-11(14)10(13)12-9-6-5-7(2)8(9)3/h7-9H,4-6H2,1-3H3,(H,12,13). The van der Waals surface area contributed by atoms with Gasteiger partial charge in [-0.15, -0.1) is 0 Å². The van der Waals surface area contributed by atoms with Crippen molar-refractivity contribution in [3.63, 3.8) is 0 Å². The Kier molecular flexibility index (Phi) is 4.12. The summed E-state index contributed by atoms with van der Waals surface area (Å²) in [7, 11) is 0. The van der Waals surface area contributed by atoms with E-state index in [9.17, 15) is 9.59 Å². The van der Waals surface area contributed by atoms with Gasteiger partial charge in [-0.1, -0.05) is 13.8 Å². The van der Waals surface area contributed by atoms with Crippen molar-refractivity contribution in [3.8, 4) is 0 Å². The highest BCUT2D eigenvalue weighted by Crippen LogP contribution is 2.30. The molecule has 3 unspecified atom stereocenters. The van der Waals surface area contributed by atoms with Gasteiger partial charge in [0.1, 0.15) is 0 Å². The molecule has 4 heteroatoms. The average molecular weight is 213 g/mol. The number of amides is 1. The smallest absolute Gasteiger partial charge is 0.396 e. The summed E-state index contributed by atoms with van der Waals surface area (Å²) in [6, 6.07) is 0.122. The van der Waals surface area contributed by atoms with Crippen LogP contribution in [0.5, 0.6) is 0 Å². The van der Waals surface area contributed by atoms with Crippen LogP contribution in [0.1, 0.15) is 33.6 Å². The summed E-state index contributed by atoms with van der Waals surface area (Å²) in [5.74, 6) is -0.340. The van der Waals surface area contributed by atoms with Gasteiger partial charge in [-0.05, 0) is 31.6 Å². The third-order valence-electron chi connectivity index (χ3n) is 3.24. The molecule has 1 aliphatic carbocycles. The first-order valence-corrected chi connectivity index (χ1v) is 5.53. The molecule has 0 aliphatic heterocycles. The monoisotopic (exact) mass is 213 g/mol. The molecule has 0 bridgehead atoms. The van der Waals surface area contributed by atoms with Crippen LogP contribution < -0.4 is 5.32 Å². The molecule has 1 saturated carbocycles. The zero-order chi connectivity index (χ0) is 11.4. The van der Waals surface area contributed by atoms with Gasteiger partial charge in [0.05, 0.1) is 6.61 Å². The van der Waals surface area contributed by atoms with E-state index in [1.807, 2.05) is 0 Å². The molecule has 1 amide bonds. The van der Waals surface area contributed by atoms with Crippen molar-refractivity contribution in [3.05, 3.63) is 0 Å². The highest BCUT2D eigenvalue weighted by atomic mass is 16.5. The molecular formula is C11H19NO3. The van der Waals surface area contributed by atoms with Gasteiger partial charge in [0.25, 0.3) is 0 Å². The second-order valence-corrected chi connectivity index (χ2v) is 4.21. The molecule has 0 aromatic heterocycles. The summed E-state index contributed by atoms with van der Waals surface area (Å²) in [6.45, 7) is 6.20. The summed E-state index contributed by atoms with van der Waals surface area (Å²) in [6.07, 6.45) is 2.06. The molecule has 0 heterocycles. The van der Waals surface area contributed by atoms with Gasteiger partial charge in [0.15, 0.2) is 0 Å². The van der Waals surface area contributed by atoms with Crippen LogP contribution in [0.25, 0.3) is 0 Å². The quantitative estimate of drug-likeness (QED) is 0.552. The molecule has 4 nitrogen and oxygen atoms in total. The van der Waals surface area contributed by atoms with Crippen LogP contribution in [-0.2, 0) is 14.3 Å². The normalized spacial score (nSPS) is 29.9. The molecule has 1 rings (SSSR count). The van der Waals surface area contributed by atoms with E-state index in [4.69, 9.17) is 0 Å². The van der Waals surface area contributed by atoms with E-state index in [-0.39, 0.29) is 12.6 Å². The first-order chi connectivity index (χ1) is 7.06. The average Bonchev–Trinajstić information content (AvgIpc) is 2.50. The molecule has 86 valence electrons. The number of ether oxygens (including phenoxy) is 1. The van der Waals surface area contributed by atoms with Crippen LogP contribution in [-0.4, -0.2) is 24.5 Å². The van der Waals surface area contributed by atoms with E-state index in [2.05, 4.69) is 23.9 Å². The minimum Gasteiger partial charge on any atom is -0.459 e. The molecule has 1 N–H and O–H groups in total. The Morgan fingerprint density at radius 1 is 1.33 bits per heavy atom. The first kappa shape index (κ1) is 12.0. The first-order valence-electron chi connectivity index (χ1n) is 5.53. The summed E-state index contributed by atoms with van der Waals surface area (Å²) >= 11 is 0. The fourth-order valence-corrected chi connectivity index (χ4v) is 1.99. The van der Waals surface area contributed by atoms with Crippen molar-refractivity contribution in [2.75, 3.05) is 6.61 Å². The SMILES string of the molecule is CCOC(=O)C(=O)NC1CCC(C)C1C. The van der Waals surface area contributed by atoms with E-state index >= 15 is 0 Å². The maximum Gasteiger partial charge on any atom is 0.396 e. The highest BCUT2D eigenvalue weighted by molar-refractivity contribution is 6.32. The largest absolute Gasteiger partial charge is 0.459 e. The predicted octanol–water partition coefficient (Wildman–Crippen LogP) is 1.10. The zero-order valence-corrected chi connectivity index (χ0v) is 9.58. The fraction of sp³-hybridized carbons (Fsp3) is 0.818.